The lowest BCUT2D eigenvalue weighted by Crippen LogP contribution is -2.52. The quantitative estimate of drug-likeness (QED) is 0.407. The van der Waals surface area contributed by atoms with Crippen LogP contribution in [0.3, 0.4) is 0 Å². The van der Waals surface area contributed by atoms with Crippen LogP contribution in [0.4, 0.5) is 4.39 Å². The van der Waals surface area contributed by atoms with Crippen molar-refractivity contribution in [2.45, 2.75) is 18.1 Å². The van der Waals surface area contributed by atoms with Gasteiger partial charge in [-0.1, -0.05) is 0 Å². The van der Waals surface area contributed by atoms with E-state index in [9.17, 15) is 4.39 Å². The molecule has 0 aliphatic carbocycles. The summed E-state index contributed by atoms with van der Waals surface area (Å²) < 4.78 is 17.3. The number of hydrogen-bond acceptors (Lipinski definition) is 5. The Labute approximate surface area is 67.3 Å². The van der Waals surface area contributed by atoms with Gasteiger partial charge in [-0.25, -0.2) is 0 Å². The van der Waals surface area contributed by atoms with E-state index in [0.29, 0.717) is 6.26 Å². The summed E-state index contributed by atoms with van der Waals surface area (Å²) in [6.07, 6.45) is -3.21. The molecule has 4 N–H and O–H groups in total. The number of rotatable bonds is 1. The molecule has 1 aliphatic rings. The molecule has 0 bridgehead atoms. The molecule has 0 aromatic rings. The Morgan fingerprint density at radius 2 is 2.17 bits per heavy atom. The maximum absolute atomic E-state index is 13.1. The molecule has 5 nitrogen and oxygen atoms in total. The largest absolute Gasteiger partial charge is 0.506 e. The summed E-state index contributed by atoms with van der Waals surface area (Å²) >= 11 is 0. The fraction of sp³-hybridized carbons (Fsp3) is 0.667. The first-order valence-corrected chi connectivity index (χ1v) is 3.24. The number of halogens is 1. The second-order valence-corrected chi connectivity index (χ2v) is 2.49. The van der Waals surface area contributed by atoms with Gasteiger partial charge in [0.05, 0.1) is 0 Å². The van der Waals surface area contributed by atoms with Crippen LogP contribution >= 0.6 is 0 Å². The van der Waals surface area contributed by atoms with E-state index in [1.54, 1.807) is 0 Å². The first kappa shape index (κ1) is 9.24. The van der Waals surface area contributed by atoms with E-state index in [1.165, 1.54) is 0 Å². The second-order valence-electron chi connectivity index (χ2n) is 2.49. The fourth-order valence-corrected chi connectivity index (χ4v) is 0.826. The third kappa shape index (κ3) is 1.24. The van der Waals surface area contributed by atoms with Crippen molar-refractivity contribution in [2.75, 3.05) is 6.61 Å². The minimum atomic E-state index is -2.74. The van der Waals surface area contributed by atoms with Gasteiger partial charge >= 0.3 is 0 Å². The third-order valence-corrected chi connectivity index (χ3v) is 1.63. The molecular weight excluding hydrogens is 171 g/mol. The van der Waals surface area contributed by atoms with Gasteiger partial charge in [-0.15, -0.1) is 0 Å². The van der Waals surface area contributed by atoms with Crippen molar-refractivity contribution in [1.82, 2.24) is 0 Å². The Kier molecular flexibility index (Phi) is 2.22. The van der Waals surface area contributed by atoms with Gasteiger partial charge in [0.25, 0.3) is 5.85 Å². The number of aliphatic hydroxyl groups excluding tert-OH is 4. The van der Waals surface area contributed by atoms with Crippen molar-refractivity contribution in [2.24, 2.45) is 0 Å². The van der Waals surface area contributed by atoms with Crippen LogP contribution in [0.15, 0.2) is 12.0 Å². The topological polar surface area (TPSA) is 90.2 Å². The minimum Gasteiger partial charge on any atom is -0.506 e. The van der Waals surface area contributed by atoms with Crippen LogP contribution in [0.5, 0.6) is 0 Å². The van der Waals surface area contributed by atoms with E-state index in [1.807, 2.05) is 0 Å². The molecule has 70 valence electrons. The van der Waals surface area contributed by atoms with Gasteiger partial charge in [0, 0.05) is 0 Å². The average Bonchev–Trinajstić information content (AvgIpc) is 2.09. The Morgan fingerprint density at radius 3 is 2.67 bits per heavy atom. The van der Waals surface area contributed by atoms with Crippen LogP contribution in [-0.4, -0.2) is 45.1 Å². The standard InChI is InChI=1S/C6H9FO5/c7-6(2-8)5(11)4(10)3(9)1-12-6/h1,4-5,8-11H,2H2. The zero-order chi connectivity index (χ0) is 9.35. The zero-order valence-corrected chi connectivity index (χ0v) is 6.01. The summed E-state index contributed by atoms with van der Waals surface area (Å²) in [6.45, 7) is -1.10. The van der Waals surface area contributed by atoms with Crippen LogP contribution in [0.1, 0.15) is 0 Å². The minimum absolute atomic E-state index is 0.549. The van der Waals surface area contributed by atoms with Crippen molar-refractivity contribution in [3.05, 3.63) is 12.0 Å². The van der Waals surface area contributed by atoms with Crippen molar-refractivity contribution in [3.8, 4) is 0 Å². The zero-order valence-electron chi connectivity index (χ0n) is 6.01. The normalized spacial score (nSPS) is 41.8. The molecule has 0 saturated carbocycles. The van der Waals surface area contributed by atoms with Crippen LogP contribution in [0.2, 0.25) is 0 Å². The van der Waals surface area contributed by atoms with Gasteiger partial charge in [-0.3, -0.25) is 0 Å². The molecular formula is C6H9FO5. The van der Waals surface area contributed by atoms with Gasteiger partial charge in [0.2, 0.25) is 0 Å². The number of alkyl halides is 1. The van der Waals surface area contributed by atoms with Crippen molar-refractivity contribution in [3.63, 3.8) is 0 Å². The highest BCUT2D eigenvalue weighted by Crippen LogP contribution is 2.27. The highest BCUT2D eigenvalue weighted by Gasteiger charge is 2.48. The SMILES string of the molecule is OCC1(F)OC=C(O)C(O)C1O. The third-order valence-electron chi connectivity index (χ3n) is 1.63. The molecule has 1 rings (SSSR count). The van der Waals surface area contributed by atoms with Crippen LogP contribution in [0.25, 0.3) is 0 Å². The first-order chi connectivity index (χ1) is 5.51. The molecule has 3 atom stereocenters. The van der Waals surface area contributed by atoms with Gasteiger partial charge < -0.3 is 25.2 Å². The lowest BCUT2D eigenvalue weighted by atomic mass is 10.0. The lowest BCUT2D eigenvalue weighted by Gasteiger charge is -2.33. The van der Waals surface area contributed by atoms with Gasteiger partial charge in [0.15, 0.2) is 11.9 Å². The molecule has 0 saturated heterocycles. The van der Waals surface area contributed by atoms with E-state index in [4.69, 9.17) is 20.4 Å². The lowest BCUT2D eigenvalue weighted by molar-refractivity contribution is -0.234. The molecule has 0 aromatic heterocycles. The van der Waals surface area contributed by atoms with Gasteiger partial charge in [0.1, 0.15) is 19.0 Å². The van der Waals surface area contributed by atoms with Crippen LogP contribution in [0, 0.1) is 0 Å². The molecule has 0 radical (unpaired) electrons. The Hall–Kier alpha value is -0.850. The monoisotopic (exact) mass is 180 g/mol. The summed E-state index contributed by atoms with van der Waals surface area (Å²) in [5, 5.41) is 35.1. The Morgan fingerprint density at radius 1 is 1.58 bits per heavy atom. The smallest absolute Gasteiger partial charge is 0.299 e. The Bertz CT molecular complexity index is 206. The van der Waals surface area contributed by atoms with E-state index in [0.717, 1.165) is 0 Å². The highest BCUT2D eigenvalue weighted by atomic mass is 19.2. The van der Waals surface area contributed by atoms with E-state index in [2.05, 4.69) is 4.74 Å². The summed E-state index contributed by atoms with van der Waals surface area (Å²) in [6, 6.07) is 0. The average molecular weight is 180 g/mol. The molecule has 0 spiro atoms. The summed E-state index contributed by atoms with van der Waals surface area (Å²) in [4.78, 5) is 0. The summed E-state index contributed by atoms with van der Waals surface area (Å²) in [7, 11) is 0. The van der Waals surface area contributed by atoms with Crippen molar-refractivity contribution >= 4 is 0 Å². The maximum Gasteiger partial charge on any atom is 0.299 e. The van der Waals surface area contributed by atoms with Crippen LogP contribution in [-0.2, 0) is 4.74 Å². The first-order valence-electron chi connectivity index (χ1n) is 3.24. The van der Waals surface area contributed by atoms with Gasteiger partial charge in [-0.2, -0.15) is 4.39 Å². The predicted molar refractivity (Wildman–Crippen MR) is 34.7 cm³/mol. The predicted octanol–water partition coefficient (Wildman–Crippen LogP) is -1.20. The molecule has 1 heterocycles. The van der Waals surface area contributed by atoms with Crippen molar-refractivity contribution in [1.29, 1.82) is 0 Å². The summed E-state index contributed by atoms with van der Waals surface area (Å²) in [5.74, 6) is -3.42. The molecule has 3 unspecified atom stereocenters. The maximum atomic E-state index is 13.1. The van der Waals surface area contributed by atoms with E-state index in [-0.39, 0.29) is 0 Å². The highest BCUT2D eigenvalue weighted by molar-refractivity contribution is 5.06. The molecule has 12 heavy (non-hydrogen) atoms. The van der Waals surface area contributed by atoms with Crippen molar-refractivity contribution < 1.29 is 29.6 Å². The molecule has 1 aliphatic heterocycles. The fourth-order valence-electron chi connectivity index (χ4n) is 0.826. The van der Waals surface area contributed by atoms with Gasteiger partial charge in [-0.05, 0) is 0 Å². The van der Waals surface area contributed by atoms with E-state index >= 15 is 0 Å². The Balaban J connectivity index is 2.86. The molecule has 0 aromatic carbocycles. The number of ether oxygens (including phenoxy) is 1. The molecule has 0 fully saturated rings. The second kappa shape index (κ2) is 2.89. The molecule has 0 amide bonds. The summed E-state index contributed by atoms with van der Waals surface area (Å²) in [5.41, 5.74) is 0. The van der Waals surface area contributed by atoms with Crippen LogP contribution < -0.4 is 0 Å². The molecule has 6 heteroatoms. The van der Waals surface area contributed by atoms with E-state index < -0.39 is 30.4 Å². The number of aliphatic hydroxyl groups is 4. The number of hydrogen-bond donors (Lipinski definition) is 4.